The number of hydrogen-bond donors (Lipinski definition) is 1. The SMILES string of the molecule is CN1CCN(CCCNS(=O)(=O)c2cccc(F)c2)[C@H](c2ccccc2)C1. The van der Waals surface area contributed by atoms with Crippen molar-refractivity contribution in [2.75, 3.05) is 39.8 Å². The van der Waals surface area contributed by atoms with Crippen LogP contribution in [0, 0.1) is 5.82 Å². The fourth-order valence-corrected chi connectivity index (χ4v) is 4.53. The van der Waals surface area contributed by atoms with E-state index >= 15 is 0 Å². The van der Waals surface area contributed by atoms with Crippen molar-refractivity contribution in [1.82, 2.24) is 14.5 Å². The van der Waals surface area contributed by atoms with Gasteiger partial charge in [0, 0.05) is 38.8 Å². The van der Waals surface area contributed by atoms with E-state index in [1.807, 2.05) is 6.07 Å². The molecule has 0 bridgehead atoms. The molecule has 0 unspecified atom stereocenters. The Bertz CT molecular complexity index is 845. The third kappa shape index (κ3) is 5.35. The van der Waals surface area contributed by atoms with Crippen LogP contribution in [0.4, 0.5) is 4.39 Å². The molecule has 0 spiro atoms. The van der Waals surface area contributed by atoms with Crippen LogP contribution in [0.1, 0.15) is 18.0 Å². The Labute approximate surface area is 160 Å². The first kappa shape index (κ1) is 19.9. The van der Waals surface area contributed by atoms with Gasteiger partial charge in [-0.05, 0) is 37.2 Å². The Balaban J connectivity index is 1.56. The summed E-state index contributed by atoms with van der Waals surface area (Å²) in [5, 5.41) is 0. The molecule has 0 aliphatic carbocycles. The topological polar surface area (TPSA) is 52.6 Å². The molecule has 0 aromatic heterocycles. The molecule has 146 valence electrons. The zero-order chi connectivity index (χ0) is 19.3. The molecule has 2 aromatic rings. The molecule has 1 atom stereocenters. The van der Waals surface area contributed by atoms with Gasteiger partial charge in [0.15, 0.2) is 0 Å². The first-order valence-electron chi connectivity index (χ1n) is 9.18. The second-order valence-electron chi connectivity index (χ2n) is 6.93. The molecular formula is C20H26FN3O2S. The van der Waals surface area contributed by atoms with Crippen LogP contribution in [-0.2, 0) is 10.0 Å². The number of nitrogens with zero attached hydrogens (tertiary/aromatic N) is 2. The molecule has 1 N–H and O–H groups in total. The second-order valence-corrected chi connectivity index (χ2v) is 8.70. The van der Waals surface area contributed by atoms with Gasteiger partial charge in [-0.2, -0.15) is 0 Å². The Hall–Kier alpha value is -1.80. The van der Waals surface area contributed by atoms with E-state index in [1.165, 1.54) is 23.8 Å². The normalized spacial score (nSPS) is 19.3. The van der Waals surface area contributed by atoms with Crippen LogP contribution in [0.5, 0.6) is 0 Å². The minimum atomic E-state index is -3.68. The van der Waals surface area contributed by atoms with E-state index in [0.29, 0.717) is 19.0 Å². The van der Waals surface area contributed by atoms with Crippen LogP contribution in [-0.4, -0.2) is 58.0 Å². The van der Waals surface area contributed by atoms with E-state index < -0.39 is 15.8 Å². The molecule has 0 radical (unpaired) electrons. The smallest absolute Gasteiger partial charge is 0.240 e. The van der Waals surface area contributed by atoms with Gasteiger partial charge in [0.25, 0.3) is 0 Å². The third-order valence-corrected chi connectivity index (χ3v) is 6.36. The summed E-state index contributed by atoms with van der Waals surface area (Å²) in [7, 11) is -1.55. The number of piperazine rings is 1. The zero-order valence-corrected chi connectivity index (χ0v) is 16.3. The Morgan fingerprint density at radius 1 is 1.11 bits per heavy atom. The summed E-state index contributed by atoms with van der Waals surface area (Å²) < 4.78 is 40.4. The van der Waals surface area contributed by atoms with E-state index in [4.69, 9.17) is 0 Å². The van der Waals surface area contributed by atoms with Gasteiger partial charge < -0.3 is 4.90 Å². The predicted molar refractivity (Wildman–Crippen MR) is 104 cm³/mol. The molecule has 1 fully saturated rings. The first-order chi connectivity index (χ1) is 13.0. The van der Waals surface area contributed by atoms with Gasteiger partial charge in [-0.15, -0.1) is 0 Å². The van der Waals surface area contributed by atoms with Crippen LogP contribution in [0.2, 0.25) is 0 Å². The summed E-state index contributed by atoms with van der Waals surface area (Å²) >= 11 is 0. The minimum absolute atomic E-state index is 0.0377. The van der Waals surface area contributed by atoms with Crippen molar-refractivity contribution in [2.45, 2.75) is 17.4 Å². The van der Waals surface area contributed by atoms with E-state index in [2.05, 4.69) is 45.8 Å². The van der Waals surface area contributed by atoms with Crippen molar-refractivity contribution in [3.63, 3.8) is 0 Å². The lowest BCUT2D eigenvalue weighted by Gasteiger charge is -2.40. The summed E-state index contributed by atoms with van der Waals surface area (Å²) in [6, 6.07) is 15.8. The highest BCUT2D eigenvalue weighted by atomic mass is 32.2. The lowest BCUT2D eigenvalue weighted by molar-refractivity contribution is 0.0892. The number of nitrogens with one attached hydrogen (secondary N) is 1. The minimum Gasteiger partial charge on any atom is -0.303 e. The standard InChI is InChI=1S/C20H26FN3O2S/c1-23-13-14-24(20(16-23)17-7-3-2-4-8-17)12-6-11-22-27(25,26)19-10-5-9-18(21)15-19/h2-5,7-10,15,20,22H,6,11-14,16H2,1H3/t20-/m0/s1. The lowest BCUT2D eigenvalue weighted by Crippen LogP contribution is -2.47. The molecule has 2 aromatic carbocycles. The van der Waals surface area contributed by atoms with Gasteiger partial charge in [0.1, 0.15) is 5.82 Å². The Morgan fingerprint density at radius 3 is 2.63 bits per heavy atom. The van der Waals surface area contributed by atoms with E-state index in [0.717, 1.165) is 32.2 Å². The second kappa shape index (κ2) is 8.93. The fraction of sp³-hybridized carbons (Fsp3) is 0.400. The maximum Gasteiger partial charge on any atom is 0.240 e. The molecule has 5 nitrogen and oxygen atoms in total. The highest BCUT2D eigenvalue weighted by molar-refractivity contribution is 7.89. The number of benzene rings is 2. The van der Waals surface area contributed by atoms with Gasteiger partial charge in [-0.1, -0.05) is 36.4 Å². The predicted octanol–water partition coefficient (Wildman–Crippen LogP) is 2.48. The van der Waals surface area contributed by atoms with Gasteiger partial charge >= 0.3 is 0 Å². The summed E-state index contributed by atoms with van der Waals surface area (Å²) in [6.07, 6.45) is 0.696. The molecular weight excluding hydrogens is 365 g/mol. The molecule has 1 saturated heterocycles. The maximum atomic E-state index is 13.3. The van der Waals surface area contributed by atoms with E-state index in [-0.39, 0.29) is 4.90 Å². The first-order valence-corrected chi connectivity index (χ1v) is 10.7. The number of rotatable bonds is 7. The Morgan fingerprint density at radius 2 is 1.89 bits per heavy atom. The van der Waals surface area contributed by atoms with Gasteiger partial charge in [0.2, 0.25) is 10.0 Å². The van der Waals surface area contributed by atoms with E-state index in [9.17, 15) is 12.8 Å². The molecule has 27 heavy (non-hydrogen) atoms. The van der Waals surface area contributed by atoms with Crippen molar-refractivity contribution in [3.05, 3.63) is 66.0 Å². The van der Waals surface area contributed by atoms with Gasteiger partial charge in [-0.3, -0.25) is 4.90 Å². The lowest BCUT2D eigenvalue weighted by atomic mass is 10.0. The van der Waals surface area contributed by atoms with E-state index in [1.54, 1.807) is 0 Å². The molecule has 1 heterocycles. The maximum absolute atomic E-state index is 13.3. The Kier molecular flexibility index (Phi) is 6.59. The average Bonchev–Trinajstić information content (AvgIpc) is 2.67. The molecule has 3 rings (SSSR count). The monoisotopic (exact) mass is 391 g/mol. The summed E-state index contributed by atoms with van der Waals surface area (Å²) in [5.74, 6) is -0.555. The quantitative estimate of drug-likeness (QED) is 0.737. The summed E-state index contributed by atoms with van der Waals surface area (Å²) in [4.78, 5) is 4.69. The number of likely N-dealkylation sites (N-methyl/N-ethyl adjacent to an activating group) is 1. The molecule has 1 aliphatic heterocycles. The number of halogens is 1. The molecule has 0 saturated carbocycles. The highest BCUT2D eigenvalue weighted by Crippen LogP contribution is 2.24. The van der Waals surface area contributed by atoms with Crippen molar-refractivity contribution in [1.29, 1.82) is 0 Å². The fourth-order valence-electron chi connectivity index (χ4n) is 3.42. The molecule has 1 aliphatic rings. The summed E-state index contributed by atoms with van der Waals surface area (Å²) in [5.41, 5.74) is 1.28. The molecule has 7 heteroatoms. The largest absolute Gasteiger partial charge is 0.303 e. The van der Waals surface area contributed by atoms with Crippen LogP contribution >= 0.6 is 0 Å². The average molecular weight is 392 g/mol. The third-order valence-electron chi connectivity index (χ3n) is 4.90. The van der Waals surface area contributed by atoms with Crippen molar-refractivity contribution in [2.24, 2.45) is 0 Å². The highest BCUT2D eigenvalue weighted by Gasteiger charge is 2.26. The zero-order valence-electron chi connectivity index (χ0n) is 15.5. The number of sulfonamides is 1. The van der Waals surface area contributed by atoms with Crippen molar-refractivity contribution >= 4 is 10.0 Å². The van der Waals surface area contributed by atoms with Crippen LogP contribution < -0.4 is 4.72 Å². The van der Waals surface area contributed by atoms with Gasteiger partial charge in [-0.25, -0.2) is 17.5 Å². The van der Waals surface area contributed by atoms with Crippen molar-refractivity contribution in [3.8, 4) is 0 Å². The number of hydrogen-bond acceptors (Lipinski definition) is 4. The van der Waals surface area contributed by atoms with Crippen LogP contribution in [0.25, 0.3) is 0 Å². The van der Waals surface area contributed by atoms with Crippen LogP contribution in [0.3, 0.4) is 0 Å². The van der Waals surface area contributed by atoms with Crippen molar-refractivity contribution < 1.29 is 12.8 Å². The summed E-state index contributed by atoms with van der Waals surface area (Å²) in [6.45, 7) is 4.04. The van der Waals surface area contributed by atoms with Crippen LogP contribution in [0.15, 0.2) is 59.5 Å². The van der Waals surface area contributed by atoms with Gasteiger partial charge in [0.05, 0.1) is 4.90 Å². The molecule has 0 amide bonds.